The van der Waals surface area contributed by atoms with Gasteiger partial charge in [-0.2, -0.15) is 0 Å². The van der Waals surface area contributed by atoms with E-state index >= 15 is 0 Å². The summed E-state index contributed by atoms with van der Waals surface area (Å²) in [6.07, 6.45) is 0.740. The van der Waals surface area contributed by atoms with E-state index in [1.54, 1.807) is 25.1 Å². The van der Waals surface area contributed by atoms with Gasteiger partial charge in [0.15, 0.2) is 0 Å². The molecule has 0 aromatic heterocycles. The third kappa shape index (κ3) is 4.04. The first-order valence-corrected chi connectivity index (χ1v) is 5.98. The molecule has 0 unspecified atom stereocenters. The molecule has 18 heavy (non-hydrogen) atoms. The quantitative estimate of drug-likeness (QED) is 0.772. The molecular formula is C13H15ClO4. The Morgan fingerprint density at radius 3 is 2.61 bits per heavy atom. The molecule has 98 valence electrons. The topological polar surface area (TPSA) is 52.6 Å². The zero-order valence-electron chi connectivity index (χ0n) is 10.4. The zero-order valence-corrected chi connectivity index (χ0v) is 11.1. The van der Waals surface area contributed by atoms with Crippen LogP contribution in [0.4, 0.5) is 0 Å². The molecule has 0 saturated carbocycles. The molecule has 0 aliphatic heterocycles. The number of halogens is 1. The average molecular weight is 271 g/mol. The van der Waals surface area contributed by atoms with Crippen LogP contribution >= 0.6 is 11.6 Å². The van der Waals surface area contributed by atoms with Gasteiger partial charge in [-0.1, -0.05) is 17.7 Å². The van der Waals surface area contributed by atoms with Gasteiger partial charge in [-0.3, -0.25) is 4.79 Å². The van der Waals surface area contributed by atoms with Gasteiger partial charge in [0, 0.05) is 11.4 Å². The fourth-order valence-electron chi connectivity index (χ4n) is 1.43. The number of esters is 2. The molecule has 0 aliphatic rings. The van der Waals surface area contributed by atoms with E-state index in [-0.39, 0.29) is 12.4 Å². The van der Waals surface area contributed by atoms with Gasteiger partial charge in [-0.15, -0.1) is 0 Å². The summed E-state index contributed by atoms with van der Waals surface area (Å²) < 4.78 is 9.42. The number of aryl methyl sites for hydroxylation is 1. The van der Waals surface area contributed by atoms with Crippen LogP contribution in [0.3, 0.4) is 0 Å². The van der Waals surface area contributed by atoms with E-state index in [9.17, 15) is 9.59 Å². The SMILES string of the molecule is CCOC(=O)c1ccc(CCC(=O)OC)c(Cl)c1. The molecule has 0 radical (unpaired) electrons. The third-order valence-electron chi connectivity index (χ3n) is 2.39. The Kier molecular flexibility index (Phi) is 5.65. The largest absolute Gasteiger partial charge is 0.469 e. The molecule has 1 aromatic rings. The maximum atomic E-state index is 11.5. The second-order valence-corrected chi connectivity index (χ2v) is 4.01. The molecule has 0 fully saturated rings. The Labute approximate surface area is 111 Å². The molecule has 0 aliphatic carbocycles. The number of ether oxygens (including phenoxy) is 2. The molecule has 0 N–H and O–H groups in total. The first-order chi connectivity index (χ1) is 8.58. The standard InChI is InChI=1S/C13H15ClO4/c1-3-18-13(16)10-5-4-9(11(14)8-10)6-7-12(15)17-2/h4-5,8H,3,6-7H2,1-2H3. The number of benzene rings is 1. The number of methoxy groups -OCH3 is 1. The summed E-state index contributed by atoms with van der Waals surface area (Å²) in [7, 11) is 1.34. The van der Waals surface area contributed by atoms with Gasteiger partial charge < -0.3 is 9.47 Å². The smallest absolute Gasteiger partial charge is 0.338 e. The van der Waals surface area contributed by atoms with E-state index in [0.717, 1.165) is 5.56 Å². The van der Waals surface area contributed by atoms with Crippen molar-refractivity contribution in [3.63, 3.8) is 0 Å². The van der Waals surface area contributed by atoms with Crippen molar-refractivity contribution < 1.29 is 19.1 Å². The summed E-state index contributed by atoms with van der Waals surface area (Å²) >= 11 is 6.04. The van der Waals surface area contributed by atoms with Crippen molar-refractivity contribution in [3.05, 3.63) is 34.3 Å². The summed E-state index contributed by atoms with van der Waals surface area (Å²) in [4.78, 5) is 22.5. The lowest BCUT2D eigenvalue weighted by atomic mass is 10.1. The second kappa shape index (κ2) is 7.01. The Morgan fingerprint density at radius 1 is 1.33 bits per heavy atom. The third-order valence-corrected chi connectivity index (χ3v) is 2.74. The van der Waals surface area contributed by atoms with Crippen molar-refractivity contribution in [2.45, 2.75) is 19.8 Å². The molecule has 0 atom stereocenters. The van der Waals surface area contributed by atoms with Crippen molar-refractivity contribution in [3.8, 4) is 0 Å². The van der Waals surface area contributed by atoms with Gasteiger partial charge in [0.25, 0.3) is 0 Å². The highest BCUT2D eigenvalue weighted by molar-refractivity contribution is 6.31. The van der Waals surface area contributed by atoms with Crippen LogP contribution in [-0.2, 0) is 20.7 Å². The molecule has 0 amide bonds. The minimum atomic E-state index is -0.404. The van der Waals surface area contributed by atoms with Gasteiger partial charge in [0.1, 0.15) is 0 Å². The number of carbonyl (C=O) groups excluding carboxylic acids is 2. The fourth-order valence-corrected chi connectivity index (χ4v) is 1.71. The van der Waals surface area contributed by atoms with Crippen molar-refractivity contribution in [2.24, 2.45) is 0 Å². The predicted molar refractivity (Wildman–Crippen MR) is 67.7 cm³/mol. The van der Waals surface area contributed by atoms with Crippen molar-refractivity contribution in [1.82, 2.24) is 0 Å². The lowest BCUT2D eigenvalue weighted by molar-refractivity contribution is -0.140. The second-order valence-electron chi connectivity index (χ2n) is 3.60. The van der Waals surface area contributed by atoms with Crippen LogP contribution in [0.1, 0.15) is 29.3 Å². The number of hydrogen-bond acceptors (Lipinski definition) is 4. The maximum Gasteiger partial charge on any atom is 0.338 e. The van der Waals surface area contributed by atoms with Crippen LogP contribution in [0.25, 0.3) is 0 Å². The Hall–Kier alpha value is -1.55. The highest BCUT2D eigenvalue weighted by Crippen LogP contribution is 2.20. The summed E-state index contributed by atoms with van der Waals surface area (Å²) in [5.74, 6) is -0.695. The molecule has 0 heterocycles. The highest BCUT2D eigenvalue weighted by Gasteiger charge is 2.10. The summed E-state index contributed by atoms with van der Waals surface area (Å²) in [5.41, 5.74) is 1.21. The van der Waals surface area contributed by atoms with Gasteiger partial charge in [0.05, 0.1) is 19.3 Å². The Balaban J connectivity index is 2.73. The zero-order chi connectivity index (χ0) is 13.5. The lowest BCUT2D eigenvalue weighted by Gasteiger charge is -2.06. The van der Waals surface area contributed by atoms with E-state index in [1.165, 1.54) is 7.11 Å². The van der Waals surface area contributed by atoms with Gasteiger partial charge >= 0.3 is 11.9 Å². The number of hydrogen-bond donors (Lipinski definition) is 0. The van der Waals surface area contributed by atoms with Gasteiger partial charge in [-0.05, 0) is 31.0 Å². The monoisotopic (exact) mass is 270 g/mol. The van der Waals surface area contributed by atoms with Crippen molar-refractivity contribution in [2.75, 3.05) is 13.7 Å². The van der Waals surface area contributed by atoms with E-state index in [1.807, 2.05) is 0 Å². The van der Waals surface area contributed by atoms with Crippen LogP contribution in [0, 0.1) is 0 Å². The predicted octanol–water partition coefficient (Wildman–Crippen LogP) is 2.62. The first-order valence-electron chi connectivity index (χ1n) is 5.60. The van der Waals surface area contributed by atoms with E-state index in [4.69, 9.17) is 16.3 Å². The van der Waals surface area contributed by atoms with Crippen LogP contribution in [0.15, 0.2) is 18.2 Å². The van der Waals surface area contributed by atoms with Gasteiger partial charge in [0.2, 0.25) is 0 Å². The normalized spacial score (nSPS) is 9.94. The highest BCUT2D eigenvalue weighted by atomic mass is 35.5. The molecule has 0 bridgehead atoms. The fraction of sp³-hybridized carbons (Fsp3) is 0.385. The Bertz CT molecular complexity index is 443. The molecule has 0 saturated heterocycles. The van der Waals surface area contributed by atoms with E-state index < -0.39 is 5.97 Å². The molecule has 0 spiro atoms. The maximum absolute atomic E-state index is 11.5. The minimum Gasteiger partial charge on any atom is -0.469 e. The van der Waals surface area contributed by atoms with Crippen molar-refractivity contribution >= 4 is 23.5 Å². The van der Waals surface area contributed by atoms with Crippen molar-refractivity contribution in [1.29, 1.82) is 0 Å². The van der Waals surface area contributed by atoms with Crippen LogP contribution in [-0.4, -0.2) is 25.7 Å². The van der Waals surface area contributed by atoms with E-state index in [2.05, 4.69) is 4.74 Å². The molecular weight excluding hydrogens is 256 g/mol. The van der Waals surface area contributed by atoms with Crippen LogP contribution in [0.5, 0.6) is 0 Å². The number of rotatable bonds is 5. The number of carbonyl (C=O) groups is 2. The van der Waals surface area contributed by atoms with Crippen LogP contribution < -0.4 is 0 Å². The molecule has 5 heteroatoms. The van der Waals surface area contributed by atoms with E-state index in [0.29, 0.717) is 23.6 Å². The average Bonchev–Trinajstić information content (AvgIpc) is 2.37. The summed E-state index contributed by atoms with van der Waals surface area (Å²) in [6.45, 7) is 2.06. The van der Waals surface area contributed by atoms with Gasteiger partial charge in [-0.25, -0.2) is 4.79 Å². The molecule has 4 nitrogen and oxygen atoms in total. The lowest BCUT2D eigenvalue weighted by Crippen LogP contribution is -2.06. The summed E-state index contributed by atoms with van der Waals surface area (Å²) in [5, 5.41) is 0.449. The Morgan fingerprint density at radius 2 is 2.06 bits per heavy atom. The molecule has 1 aromatic carbocycles. The first kappa shape index (κ1) is 14.5. The minimum absolute atomic E-state index is 0.259. The van der Waals surface area contributed by atoms with Crippen LogP contribution in [0.2, 0.25) is 5.02 Å². The molecule has 1 rings (SSSR count). The summed E-state index contributed by atoms with van der Waals surface area (Å²) in [6, 6.07) is 4.90.